The maximum absolute atomic E-state index is 12.9. The highest BCUT2D eigenvalue weighted by Gasteiger charge is 2.14. The fourth-order valence-corrected chi connectivity index (χ4v) is 3.35. The van der Waals surface area contributed by atoms with Gasteiger partial charge >= 0.3 is 0 Å². The van der Waals surface area contributed by atoms with Gasteiger partial charge in [-0.25, -0.2) is 4.98 Å². The van der Waals surface area contributed by atoms with Gasteiger partial charge in [0, 0.05) is 16.9 Å². The van der Waals surface area contributed by atoms with Crippen LogP contribution in [0.3, 0.4) is 0 Å². The Morgan fingerprint density at radius 3 is 2.69 bits per heavy atom. The van der Waals surface area contributed by atoms with Gasteiger partial charge < -0.3 is 14.5 Å². The summed E-state index contributed by atoms with van der Waals surface area (Å²) in [5.41, 5.74) is 3.91. The van der Waals surface area contributed by atoms with Crippen LogP contribution in [0, 0.1) is 6.92 Å². The van der Waals surface area contributed by atoms with Gasteiger partial charge in [0.25, 0.3) is 5.91 Å². The number of anilines is 1. The van der Waals surface area contributed by atoms with Gasteiger partial charge in [-0.1, -0.05) is 36.7 Å². The van der Waals surface area contributed by atoms with E-state index in [9.17, 15) is 4.79 Å². The smallest absolute Gasteiger partial charge is 0.257 e. The third-order valence-corrected chi connectivity index (χ3v) is 4.95. The Morgan fingerprint density at radius 2 is 1.93 bits per heavy atom. The van der Waals surface area contributed by atoms with Crippen molar-refractivity contribution in [2.45, 2.75) is 20.3 Å². The molecule has 0 fully saturated rings. The Kier molecular flexibility index (Phi) is 5.23. The first kappa shape index (κ1) is 19.0. The number of rotatable bonds is 5. The van der Waals surface area contributed by atoms with Crippen molar-refractivity contribution in [1.29, 1.82) is 0 Å². The fourth-order valence-electron chi connectivity index (χ4n) is 3.18. The Hall–Kier alpha value is -3.31. The van der Waals surface area contributed by atoms with Gasteiger partial charge in [-0.05, 0) is 55.8 Å². The lowest BCUT2D eigenvalue weighted by molar-refractivity contribution is 0.102. The number of ether oxygens (including phenoxy) is 1. The summed E-state index contributed by atoms with van der Waals surface area (Å²) in [6.07, 6.45) is 2.65. The normalized spacial score (nSPS) is 10.9. The third-order valence-electron chi connectivity index (χ3n) is 4.71. The van der Waals surface area contributed by atoms with Crippen molar-refractivity contribution in [3.63, 3.8) is 0 Å². The first-order valence-corrected chi connectivity index (χ1v) is 9.74. The zero-order chi connectivity index (χ0) is 20.4. The monoisotopic (exact) mass is 405 g/mol. The molecule has 29 heavy (non-hydrogen) atoms. The van der Waals surface area contributed by atoms with Crippen LogP contribution in [0.1, 0.15) is 28.7 Å². The minimum Gasteiger partial charge on any atom is -0.455 e. The molecular formula is C23H20ClN3O2. The molecule has 4 aromatic rings. The van der Waals surface area contributed by atoms with Crippen molar-refractivity contribution >= 4 is 28.8 Å². The fraction of sp³-hybridized carbons (Fsp3) is 0.130. The van der Waals surface area contributed by atoms with Crippen LogP contribution in [0.2, 0.25) is 5.02 Å². The van der Waals surface area contributed by atoms with E-state index in [1.54, 1.807) is 30.5 Å². The molecule has 2 aromatic carbocycles. The van der Waals surface area contributed by atoms with Gasteiger partial charge in [-0.2, -0.15) is 0 Å². The Morgan fingerprint density at radius 1 is 1.14 bits per heavy atom. The van der Waals surface area contributed by atoms with E-state index in [1.165, 1.54) is 0 Å². The molecule has 5 nitrogen and oxygen atoms in total. The molecule has 0 aliphatic carbocycles. The van der Waals surface area contributed by atoms with E-state index in [0.29, 0.717) is 27.8 Å². The predicted molar refractivity (Wildman–Crippen MR) is 115 cm³/mol. The van der Waals surface area contributed by atoms with E-state index in [0.717, 1.165) is 23.5 Å². The van der Waals surface area contributed by atoms with Crippen LogP contribution in [0.5, 0.6) is 11.5 Å². The summed E-state index contributed by atoms with van der Waals surface area (Å²) in [7, 11) is 0. The van der Waals surface area contributed by atoms with E-state index in [4.69, 9.17) is 16.3 Å². The number of para-hydroxylation sites is 1. The van der Waals surface area contributed by atoms with Crippen LogP contribution in [-0.2, 0) is 6.42 Å². The second kappa shape index (κ2) is 7.97. The first-order valence-electron chi connectivity index (χ1n) is 9.36. The number of nitrogens with zero attached hydrogens (tertiary/aromatic N) is 2. The highest BCUT2D eigenvalue weighted by atomic mass is 35.5. The van der Waals surface area contributed by atoms with Gasteiger partial charge in [0.1, 0.15) is 11.4 Å². The molecule has 0 aliphatic rings. The number of aromatic nitrogens is 2. The second-order valence-corrected chi connectivity index (χ2v) is 7.09. The molecule has 0 aliphatic heterocycles. The van der Waals surface area contributed by atoms with Crippen LogP contribution in [0.25, 0.3) is 5.65 Å². The second-order valence-electron chi connectivity index (χ2n) is 6.65. The van der Waals surface area contributed by atoms with E-state index >= 15 is 0 Å². The zero-order valence-electron chi connectivity index (χ0n) is 16.1. The molecule has 6 heteroatoms. The minimum absolute atomic E-state index is 0.252. The lowest BCUT2D eigenvalue weighted by Gasteiger charge is -2.13. The molecule has 1 N–H and O–H groups in total. The summed E-state index contributed by atoms with van der Waals surface area (Å²) in [6.45, 7) is 4.07. The number of imidazole rings is 1. The topological polar surface area (TPSA) is 55.6 Å². The molecule has 0 saturated carbocycles. The van der Waals surface area contributed by atoms with Crippen molar-refractivity contribution in [2.24, 2.45) is 0 Å². The molecule has 2 heterocycles. The zero-order valence-corrected chi connectivity index (χ0v) is 16.9. The Balaban J connectivity index is 1.63. The number of pyridine rings is 1. The van der Waals surface area contributed by atoms with Crippen LogP contribution in [0.4, 0.5) is 5.69 Å². The van der Waals surface area contributed by atoms with Crippen molar-refractivity contribution in [2.75, 3.05) is 5.32 Å². The van der Waals surface area contributed by atoms with Crippen molar-refractivity contribution in [1.82, 2.24) is 9.38 Å². The number of hydrogen-bond acceptors (Lipinski definition) is 3. The number of halogens is 1. The van der Waals surface area contributed by atoms with Gasteiger partial charge in [-0.3, -0.25) is 4.79 Å². The van der Waals surface area contributed by atoms with Crippen molar-refractivity contribution in [3.05, 3.63) is 88.8 Å². The molecule has 4 rings (SSSR count). The van der Waals surface area contributed by atoms with Crippen LogP contribution < -0.4 is 10.1 Å². The lowest BCUT2D eigenvalue weighted by atomic mass is 10.2. The molecule has 0 spiro atoms. The van der Waals surface area contributed by atoms with Crippen molar-refractivity contribution < 1.29 is 9.53 Å². The van der Waals surface area contributed by atoms with E-state index in [2.05, 4.69) is 17.2 Å². The standard InChI is InChI=1S/C23H20ClN3O2/c1-3-19-15(2)27-14-16(9-12-22(27)25-19)23(28)26-20-13-17(24)10-11-21(20)29-18-7-5-4-6-8-18/h4-14H,3H2,1-2H3,(H,26,28). The largest absolute Gasteiger partial charge is 0.455 e. The Labute approximate surface area is 173 Å². The first-order chi connectivity index (χ1) is 14.0. The molecule has 2 aromatic heterocycles. The number of carbonyl (C=O) groups excluding carboxylic acids is 1. The highest BCUT2D eigenvalue weighted by Crippen LogP contribution is 2.32. The summed E-state index contributed by atoms with van der Waals surface area (Å²) >= 11 is 6.15. The molecule has 0 bridgehead atoms. The SMILES string of the molecule is CCc1nc2ccc(C(=O)Nc3cc(Cl)ccc3Oc3ccccc3)cn2c1C. The molecule has 0 radical (unpaired) electrons. The molecular weight excluding hydrogens is 386 g/mol. The number of fused-ring (bicyclic) bond motifs is 1. The van der Waals surface area contributed by atoms with Crippen LogP contribution in [-0.4, -0.2) is 15.3 Å². The number of aryl methyl sites for hydroxylation is 2. The maximum Gasteiger partial charge on any atom is 0.257 e. The summed E-state index contributed by atoms with van der Waals surface area (Å²) < 4.78 is 7.86. The summed E-state index contributed by atoms with van der Waals surface area (Å²) in [6, 6.07) is 18.1. The average molecular weight is 406 g/mol. The van der Waals surface area contributed by atoms with Crippen LogP contribution >= 0.6 is 11.6 Å². The Bertz CT molecular complexity index is 1190. The third kappa shape index (κ3) is 3.96. The van der Waals surface area contributed by atoms with E-state index < -0.39 is 0 Å². The van der Waals surface area contributed by atoms with Gasteiger partial charge in [-0.15, -0.1) is 0 Å². The van der Waals surface area contributed by atoms with E-state index in [1.807, 2.05) is 47.7 Å². The predicted octanol–water partition coefficient (Wildman–Crippen LogP) is 5.90. The van der Waals surface area contributed by atoms with Gasteiger partial charge in [0.05, 0.1) is 16.9 Å². The molecule has 0 atom stereocenters. The summed E-state index contributed by atoms with van der Waals surface area (Å²) in [4.78, 5) is 17.5. The molecule has 1 amide bonds. The molecule has 146 valence electrons. The number of hydrogen-bond donors (Lipinski definition) is 1. The highest BCUT2D eigenvalue weighted by molar-refractivity contribution is 6.31. The summed E-state index contributed by atoms with van der Waals surface area (Å²) in [5, 5.41) is 3.42. The molecule has 0 unspecified atom stereocenters. The average Bonchev–Trinajstić information content (AvgIpc) is 3.06. The maximum atomic E-state index is 12.9. The summed E-state index contributed by atoms with van der Waals surface area (Å²) in [5.74, 6) is 0.938. The van der Waals surface area contributed by atoms with E-state index in [-0.39, 0.29) is 5.91 Å². The lowest BCUT2D eigenvalue weighted by Crippen LogP contribution is -2.13. The molecule has 0 saturated heterocycles. The number of amides is 1. The number of benzene rings is 2. The quantitative estimate of drug-likeness (QED) is 0.449. The minimum atomic E-state index is -0.252. The number of carbonyl (C=O) groups is 1. The number of nitrogens with one attached hydrogen (secondary N) is 1. The van der Waals surface area contributed by atoms with Crippen LogP contribution in [0.15, 0.2) is 66.9 Å². The van der Waals surface area contributed by atoms with Gasteiger partial charge in [0.15, 0.2) is 5.75 Å². The van der Waals surface area contributed by atoms with Gasteiger partial charge in [0.2, 0.25) is 0 Å². The van der Waals surface area contributed by atoms with Crippen molar-refractivity contribution in [3.8, 4) is 11.5 Å².